The first-order valence-electron chi connectivity index (χ1n) is 7.02. The second-order valence-electron chi connectivity index (χ2n) is 4.90. The first kappa shape index (κ1) is 17.9. The second-order valence-corrected chi connectivity index (χ2v) is 5.46. The smallest absolute Gasteiger partial charge is 0.337 e. The number of rotatable bonds is 6. The van der Waals surface area contributed by atoms with Crippen molar-refractivity contribution in [2.75, 3.05) is 14.2 Å². The van der Waals surface area contributed by atoms with Gasteiger partial charge in [-0.3, -0.25) is 9.59 Å². The number of carbonyl (C=O) groups excluding carboxylic acids is 3. The van der Waals surface area contributed by atoms with Crippen LogP contribution < -0.4 is 4.74 Å². The standard InChI is InChI=1S/C18H15BrO5/c1-23-15-9-11(10-19)3-8-14(15)17(21)16(20)12-4-6-13(7-5-12)18(22)24-2/h3-9H,10H2,1-2H3. The zero-order valence-electron chi connectivity index (χ0n) is 13.2. The molecular formula is C18H15BrO5. The molecule has 124 valence electrons. The highest BCUT2D eigenvalue weighted by molar-refractivity contribution is 9.08. The van der Waals surface area contributed by atoms with E-state index in [0.717, 1.165) is 5.56 Å². The van der Waals surface area contributed by atoms with Crippen molar-refractivity contribution >= 4 is 33.5 Å². The Morgan fingerprint density at radius 1 is 0.917 bits per heavy atom. The van der Waals surface area contributed by atoms with E-state index in [1.54, 1.807) is 18.2 Å². The van der Waals surface area contributed by atoms with E-state index in [9.17, 15) is 14.4 Å². The van der Waals surface area contributed by atoms with Gasteiger partial charge in [0.2, 0.25) is 11.6 Å². The molecule has 0 aliphatic carbocycles. The van der Waals surface area contributed by atoms with E-state index >= 15 is 0 Å². The fourth-order valence-electron chi connectivity index (χ4n) is 2.14. The Kier molecular flexibility index (Phi) is 5.87. The van der Waals surface area contributed by atoms with Crippen molar-refractivity contribution < 1.29 is 23.9 Å². The summed E-state index contributed by atoms with van der Waals surface area (Å²) in [6.07, 6.45) is 0. The highest BCUT2D eigenvalue weighted by Crippen LogP contribution is 2.23. The molecule has 0 aliphatic rings. The van der Waals surface area contributed by atoms with Gasteiger partial charge in [-0.1, -0.05) is 34.1 Å². The maximum atomic E-state index is 12.5. The van der Waals surface area contributed by atoms with Crippen LogP contribution in [-0.2, 0) is 10.1 Å². The highest BCUT2D eigenvalue weighted by atomic mass is 79.9. The van der Waals surface area contributed by atoms with Crippen molar-refractivity contribution in [1.29, 1.82) is 0 Å². The Hall–Kier alpha value is -2.47. The lowest BCUT2D eigenvalue weighted by Crippen LogP contribution is -2.16. The number of esters is 1. The SMILES string of the molecule is COC(=O)c1ccc(C(=O)C(=O)c2ccc(CBr)cc2OC)cc1. The number of hydrogen-bond acceptors (Lipinski definition) is 5. The van der Waals surface area contributed by atoms with E-state index in [4.69, 9.17) is 4.74 Å². The van der Waals surface area contributed by atoms with Crippen LogP contribution in [0.4, 0.5) is 0 Å². The second kappa shape index (κ2) is 7.88. The van der Waals surface area contributed by atoms with E-state index in [1.165, 1.54) is 38.5 Å². The summed E-state index contributed by atoms with van der Waals surface area (Å²) in [5.41, 5.74) is 1.63. The number of hydrogen-bond donors (Lipinski definition) is 0. The van der Waals surface area contributed by atoms with E-state index in [0.29, 0.717) is 16.6 Å². The molecule has 0 aromatic heterocycles. The third-order valence-corrected chi connectivity index (χ3v) is 4.09. The van der Waals surface area contributed by atoms with E-state index in [2.05, 4.69) is 20.7 Å². The monoisotopic (exact) mass is 390 g/mol. The summed E-state index contributed by atoms with van der Waals surface area (Å²) in [4.78, 5) is 36.3. The zero-order valence-corrected chi connectivity index (χ0v) is 14.8. The average Bonchev–Trinajstić information content (AvgIpc) is 2.65. The Morgan fingerprint density at radius 2 is 1.54 bits per heavy atom. The number of methoxy groups -OCH3 is 2. The molecule has 2 rings (SSSR count). The summed E-state index contributed by atoms with van der Waals surface area (Å²) >= 11 is 3.33. The van der Waals surface area contributed by atoms with Gasteiger partial charge in [-0.05, 0) is 29.8 Å². The molecule has 0 radical (unpaired) electrons. The van der Waals surface area contributed by atoms with Gasteiger partial charge >= 0.3 is 5.97 Å². The molecule has 0 atom stereocenters. The largest absolute Gasteiger partial charge is 0.496 e. The summed E-state index contributed by atoms with van der Waals surface area (Å²) in [6.45, 7) is 0. The van der Waals surface area contributed by atoms with E-state index < -0.39 is 17.5 Å². The number of Topliss-reactive ketones (excluding diaryl/α,β-unsaturated/α-hetero) is 2. The van der Waals surface area contributed by atoms with E-state index in [1.807, 2.05) is 0 Å². The van der Waals surface area contributed by atoms with Crippen LogP contribution in [0, 0.1) is 0 Å². The Labute approximate surface area is 147 Å². The Morgan fingerprint density at radius 3 is 2.08 bits per heavy atom. The summed E-state index contributed by atoms with van der Waals surface area (Å²) in [5, 5.41) is 0.612. The molecule has 6 heteroatoms. The first-order valence-corrected chi connectivity index (χ1v) is 8.14. The summed E-state index contributed by atoms with van der Waals surface area (Å²) < 4.78 is 9.80. The van der Waals surface area contributed by atoms with Gasteiger partial charge < -0.3 is 9.47 Å². The number of ether oxygens (including phenoxy) is 2. The minimum atomic E-state index is -0.670. The molecular weight excluding hydrogens is 376 g/mol. The molecule has 5 nitrogen and oxygen atoms in total. The number of halogens is 1. The normalized spacial score (nSPS) is 10.1. The predicted molar refractivity (Wildman–Crippen MR) is 92.1 cm³/mol. The van der Waals surface area contributed by atoms with Crippen LogP contribution in [0.1, 0.15) is 36.6 Å². The van der Waals surface area contributed by atoms with Crippen molar-refractivity contribution in [2.45, 2.75) is 5.33 Å². The number of ketones is 2. The Balaban J connectivity index is 2.29. The van der Waals surface area contributed by atoms with Gasteiger partial charge in [0.1, 0.15) is 5.75 Å². The van der Waals surface area contributed by atoms with Gasteiger partial charge in [-0.2, -0.15) is 0 Å². The lowest BCUT2D eigenvalue weighted by molar-refractivity contribution is 0.0600. The van der Waals surface area contributed by atoms with Crippen molar-refractivity contribution in [3.8, 4) is 5.75 Å². The Bertz CT molecular complexity index is 780. The van der Waals surface area contributed by atoms with Gasteiger partial charge in [-0.15, -0.1) is 0 Å². The lowest BCUT2D eigenvalue weighted by Gasteiger charge is -2.09. The fraction of sp³-hybridized carbons (Fsp3) is 0.167. The van der Waals surface area contributed by atoms with Gasteiger partial charge in [0.05, 0.1) is 25.3 Å². The summed E-state index contributed by atoms with van der Waals surface area (Å²) in [6, 6.07) is 10.7. The molecule has 0 spiro atoms. The van der Waals surface area contributed by atoms with Crippen LogP contribution in [0.3, 0.4) is 0 Å². The fourth-order valence-corrected chi connectivity index (χ4v) is 2.48. The molecule has 0 unspecified atom stereocenters. The molecule has 24 heavy (non-hydrogen) atoms. The number of carbonyl (C=O) groups is 3. The summed E-state index contributed by atoms with van der Waals surface area (Å²) in [5.74, 6) is -1.50. The maximum absolute atomic E-state index is 12.5. The van der Waals surface area contributed by atoms with Gasteiger partial charge in [0, 0.05) is 10.9 Å². The van der Waals surface area contributed by atoms with Crippen LogP contribution >= 0.6 is 15.9 Å². The predicted octanol–water partition coefficient (Wildman–Crippen LogP) is 3.44. The maximum Gasteiger partial charge on any atom is 0.337 e. The van der Waals surface area contributed by atoms with Crippen molar-refractivity contribution in [2.24, 2.45) is 0 Å². The topological polar surface area (TPSA) is 69.7 Å². The van der Waals surface area contributed by atoms with Gasteiger partial charge in [0.25, 0.3) is 0 Å². The molecule has 0 saturated carbocycles. The van der Waals surface area contributed by atoms with Crippen LogP contribution in [0.15, 0.2) is 42.5 Å². The molecule has 0 aliphatic heterocycles. The van der Waals surface area contributed by atoms with Crippen molar-refractivity contribution in [1.82, 2.24) is 0 Å². The van der Waals surface area contributed by atoms with Gasteiger partial charge in [0.15, 0.2) is 0 Å². The molecule has 0 bridgehead atoms. The third-order valence-electron chi connectivity index (χ3n) is 3.44. The third kappa shape index (κ3) is 3.71. The molecule has 0 N–H and O–H groups in total. The van der Waals surface area contributed by atoms with Crippen LogP contribution in [0.2, 0.25) is 0 Å². The number of alkyl halides is 1. The van der Waals surface area contributed by atoms with Gasteiger partial charge in [-0.25, -0.2) is 4.79 Å². The average molecular weight is 391 g/mol. The van der Waals surface area contributed by atoms with Crippen LogP contribution in [-0.4, -0.2) is 31.8 Å². The quantitative estimate of drug-likeness (QED) is 0.327. The summed E-state index contributed by atoms with van der Waals surface area (Å²) in [7, 11) is 2.72. The molecule has 0 heterocycles. The molecule has 0 saturated heterocycles. The van der Waals surface area contributed by atoms with E-state index in [-0.39, 0.29) is 11.1 Å². The van der Waals surface area contributed by atoms with Crippen molar-refractivity contribution in [3.63, 3.8) is 0 Å². The molecule has 0 amide bonds. The van der Waals surface area contributed by atoms with Crippen LogP contribution in [0.5, 0.6) is 5.75 Å². The molecule has 2 aromatic carbocycles. The highest BCUT2D eigenvalue weighted by Gasteiger charge is 2.22. The minimum Gasteiger partial charge on any atom is -0.496 e. The zero-order chi connectivity index (χ0) is 17.7. The lowest BCUT2D eigenvalue weighted by atomic mass is 9.99. The van der Waals surface area contributed by atoms with Crippen molar-refractivity contribution in [3.05, 3.63) is 64.7 Å². The molecule has 2 aromatic rings. The first-order chi connectivity index (χ1) is 11.5. The molecule has 0 fully saturated rings. The minimum absolute atomic E-state index is 0.194. The number of benzene rings is 2. The van der Waals surface area contributed by atoms with Crippen LogP contribution in [0.25, 0.3) is 0 Å².